The molecule has 0 bridgehead atoms. The predicted molar refractivity (Wildman–Crippen MR) is 54.7 cm³/mol. The molecule has 0 aliphatic rings. The minimum Gasteiger partial charge on any atom is -0.504 e. The zero-order valence-corrected chi connectivity index (χ0v) is 8.53. The van der Waals surface area contributed by atoms with E-state index in [0.717, 1.165) is 12.0 Å². The molecular formula is C11H16O3. The Kier molecular flexibility index (Phi) is 3.77. The number of aromatic hydroxyl groups is 1. The van der Waals surface area contributed by atoms with Crippen molar-refractivity contribution in [3.8, 4) is 11.5 Å². The molecule has 0 aromatic heterocycles. The van der Waals surface area contributed by atoms with Gasteiger partial charge in [0.2, 0.25) is 0 Å². The smallest absolute Gasteiger partial charge is 0.160 e. The number of hydrogen-bond acceptors (Lipinski definition) is 3. The van der Waals surface area contributed by atoms with Gasteiger partial charge in [0.1, 0.15) is 0 Å². The zero-order chi connectivity index (χ0) is 10.6. The maximum Gasteiger partial charge on any atom is 0.160 e. The fourth-order valence-corrected chi connectivity index (χ4v) is 1.27. The van der Waals surface area contributed by atoms with Gasteiger partial charge in [0.25, 0.3) is 0 Å². The topological polar surface area (TPSA) is 49.7 Å². The molecule has 0 unspecified atom stereocenters. The molecule has 0 aliphatic carbocycles. The first-order chi connectivity index (χ1) is 6.63. The van der Waals surface area contributed by atoms with Crippen LogP contribution in [0.25, 0.3) is 0 Å². The lowest BCUT2D eigenvalue weighted by molar-refractivity contribution is 0.185. The summed E-state index contributed by atoms with van der Waals surface area (Å²) in [6.07, 6.45) is 1.15. The standard InChI is InChI=1S/C11H16O3/c1-8(12)3-4-9-5-6-11(14-2)10(13)7-9/h5-8,12-13H,3-4H2,1-2H3/t8-/m1/s1. The first-order valence-electron chi connectivity index (χ1n) is 4.67. The summed E-state index contributed by atoms with van der Waals surface area (Å²) in [6.45, 7) is 1.75. The van der Waals surface area contributed by atoms with Crippen molar-refractivity contribution in [2.45, 2.75) is 25.9 Å². The fourth-order valence-electron chi connectivity index (χ4n) is 1.27. The second-order valence-corrected chi connectivity index (χ2v) is 3.39. The highest BCUT2D eigenvalue weighted by Gasteiger charge is 2.03. The van der Waals surface area contributed by atoms with E-state index >= 15 is 0 Å². The van der Waals surface area contributed by atoms with Crippen LogP contribution in [0.1, 0.15) is 18.9 Å². The van der Waals surface area contributed by atoms with Gasteiger partial charge >= 0.3 is 0 Å². The van der Waals surface area contributed by atoms with Crippen LogP contribution < -0.4 is 4.74 Å². The van der Waals surface area contributed by atoms with Gasteiger partial charge in [-0.2, -0.15) is 0 Å². The van der Waals surface area contributed by atoms with Crippen LogP contribution >= 0.6 is 0 Å². The summed E-state index contributed by atoms with van der Waals surface area (Å²) in [6, 6.07) is 5.29. The molecule has 14 heavy (non-hydrogen) atoms. The largest absolute Gasteiger partial charge is 0.504 e. The van der Waals surface area contributed by atoms with E-state index in [0.29, 0.717) is 12.2 Å². The van der Waals surface area contributed by atoms with Crippen molar-refractivity contribution < 1.29 is 14.9 Å². The van der Waals surface area contributed by atoms with E-state index in [1.807, 2.05) is 6.07 Å². The summed E-state index contributed by atoms with van der Waals surface area (Å²) in [7, 11) is 1.52. The van der Waals surface area contributed by atoms with Crippen LogP contribution in [0.3, 0.4) is 0 Å². The number of hydrogen-bond donors (Lipinski definition) is 2. The van der Waals surface area contributed by atoms with Gasteiger partial charge in [0.15, 0.2) is 11.5 Å². The number of aryl methyl sites for hydroxylation is 1. The Morgan fingerprint density at radius 1 is 1.43 bits per heavy atom. The summed E-state index contributed by atoms with van der Waals surface area (Å²) in [5, 5.41) is 18.6. The van der Waals surface area contributed by atoms with Gasteiger partial charge in [-0.15, -0.1) is 0 Å². The Labute approximate surface area is 84.0 Å². The van der Waals surface area contributed by atoms with Gasteiger partial charge in [-0.05, 0) is 37.5 Å². The minimum atomic E-state index is -0.306. The van der Waals surface area contributed by atoms with Crippen molar-refractivity contribution in [2.24, 2.45) is 0 Å². The maximum atomic E-state index is 9.47. The van der Waals surface area contributed by atoms with Crippen LogP contribution in [0.2, 0.25) is 0 Å². The summed E-state index contributed by atoms with van der Waals surface area (Å²) in [4.78, 5) is 0. The summed E-state index contributed by atoms with van der Waals surface area (Å²) < 4.78 is 4.93. The lowest BCUT2D eigenvalue weighted by Gasteiger charge is -2.07. The summed E-state index contributed by atoms with van der Waals surface area (Å²) in [5.74, 6) is 0.626. The highest BCUT2D eigenvalue weighted by atomic mass is 16.5. The average Bonchev–Trinajstić information content (AvgIpc) is 2.15. The second-order valence-electron chi connectivity index (χ2n) is 3.39. The highest BCUT2D eigenvalue weighted by molar-refractivity contribution is 5.41. The van der Waals surface area contributed by atoms with Gasteiger partial charge < -0.3 is 14.9 Å². The number of aliphatic hydroxyl groups excluding tert-OH is 1. The molecule has 0 spiro atoms. The van der Waals surface area contributed by atoms with E-state index in [2.05, 4.69) is 0 Å². The van der Waals surface area contributed by atoms with Gasteiger partial charge in [-0.1, -0.05) is 6.07 Å². The monoisotopic (exact) mass is 196 g/mol. The van der Waals surface area contributed by atoms with Gasteiger partial charge in [0.05, 0.1) is 13.2 Å². The summed E-state index contributed by atoms with van der Waals surface area (Å²) >= 11 is 0. The van der Waals surface area contributed by atoms with E-state index in [9.17, 15) is 5.11 Å². The number of phenolic OH excluding ortho intramolecular Hbond substituents is 1. The van der Waals surface area contributed by atoms with Crippen molar-refractivity contribution in [2.75, 3.05) is 7.11 Å². The van der Waals surface area contributed by atoms with Crippen LogP contribution in [-0.4, -0.2) is 23.4 Å². The molecule has 2 N–H and O–H groups in total. The van der Waals surface area contributed by atoms with Crippen molar-refractivity contribution in [1.82, 2.24) is 0 Å². The molecule has 0 saturated carbocycles. The molecule has 78 valence electrons. The maximum absolute atomic E-state index is 9.47. The number of rotatable bonds is 4. The van der Waals surface area contributed by atoms with Crippen molar-refractivity contribution in [3.63, 3.8) is 0 Å². The van der Waals surface area contributed by atoms with Crippen LogP contribution in [0.15, 0.2) is 18.2 Å². The van der Waals surface area contributed by atoms with Crippen molar-refractivity contribution >= 4 is 0 Å². The van der Waals surface area contributed by atoms with Crippen molar-refractivity contribution in [3.05, 3.63) is 23.8 Å². The Balaban J connectivity index is 2.66. The Morgan fingerprint density at radius 2 is 2.14 bits per heavy atom. The van der Waals surface area contributed by atoms with E-state index in [4.69, 9.17) is 9.84 Å². The summed E-state index contributed by atoms with van der Waals surface area (Å²) in [5.41, 5.74) is 1.00. The molecule has 0 amide bonds. The van der Waals surface area contributed by atoms with E-state index in [1.165, 1.54) is 7.11 Å². The molecule has 3 nitrogen and oxygen atoms in total. The van der Waals surface area contributed by atoms with Crippen LogP contribution in [0.4, 0.5) is 0 Å². The van der Waals surface area contributed by atoms with Gasteiger partial charge in [-0.3, -0.25) is 0 Å². The Hall–Kier alpha value is -1.22. The Morgan fingerprint density at radius 3 is 2.64 bits per heavy atom. The minimum absolute atomic E-state index is 0.149. The molecule has 0 saturated heterocycles. The number of benzene rings is 1. The van der Waals surface area contributed by atoms with Crippen molar-refractivity contribution in [1.29, 1.82) is 0 Å². The normalized spacial score (nSPS) is 12.5. The third-order valence-corrected chi connectivity index (χ3v) is 2.09. The molecule has 1 atom stereocenters. The molecule has 0 radical (unpaired) electrons. The number of phenols is 1. The van der Waals surface area contributed by atoms with E-state index in [1.54, 1.807) is 19.1 Å². The lowest BCUT2D eigenvalue weighted by Crippen LogP contribution is -2.01. The predicted octanol–water partition coefficient (Wildman–Crippen LogP) is 1.71. The lowest BCUT2D eigenvalue weighted by atomic mass is 10.1. The molecule has 1 aromatic rings. The molecular weight excluding hydrogens is 180 g/mol. The number of aliphatic hydroxyl groups is 1. The third kappa shape index (κ3) is 2.92. The fraction of sp³-hybridized carbons (Fsp3) is 0.455. The third-order valence-electron chi connectivity index (χ3n) is 2.09. The molecule has 3 heteroatoms. The van der Waals surface area contributed by atoms with Gasteiger partial charge in [0, 0.05) is 0 Å². The number of methoxy groups -OCH3 is 1. The Bertz CT molecular complexity index is 295. The molecule has 1 rings (SSSR count). The van der Waals surface area contributed by atoms with Crippen LogP contribution in [0.5, 0.6) is 11.5 Å². The molecule has 0 heterocycles. The molecule has 0 aliphatic heterocycles. The zero-order valence-electron chi connectivity index (χ0n) is 8.53. The van der Waals surface area contributed by atoms with Crippen LogP contribution in [-0.2, 0) is 6.42 Å². The van der Waals surface area contributed by atoms with E-state index in [-0.39, 0.29) is 11.9 Å². The van der Waals surface area contributed by atoms with Crippen LogP contribution in [0, 0.1) is 0 Å². The first-order valence-corrected chi connectivity index (χ1v) is 4.67. The molecule has 1 aromatic carbocycles. The van der Waals surface area contributed by atoms with E-state index < -0.39 is 0 Å². The number of ether oxygens (including phenoxy) is 1. The SMILES string of the molecule is COc1ccc(CC[C@@H](C)O)cc1O. The quantitative estimate of drug-likeness (QED) is 0.770. The first kappa shape index (κ1) is 10.9. The second kappa shape index (κ2) is 4.86. The molecule has 0 fully saturated rings. The van der Waals surface area contributed by atoms with Gasteiger partial charge in [-0.25, -0.2) is 0 Å². The highest BCUT2D eigenvalue weighted by Crippen LogP contribution is 2.26. The average molecular weight is 196 g/mol.